The summed E-state index contributed by atoms with van der Waals surface area (Å²) in [6.07, 6.45) is -3.62. The number of hydrogen-bond donors (Lipinski definition) is 0. The number of hydrogen-bond acceptors (Lipinski definition) is 2. The molecule has 1 aromatic carbocycles. The standard InChI is InChI=1S/C12H17F3O2Si/c1-16-18(3,17-2)9-8-10-4-6-11(7-5-10)12(13,14)15/h4-7H,8-9H2,1-3H3. The van der Waals surface area contributed by atoms with E-state index >= 15 is 0 Å². The Balaban J connectivity index is 2.65. The van der Waals surface area contributed by atoms with E-state index in [4.69, 9.17) is 8.85 Å². The van der Waals surface area contributed by atoms with Crippen LogP contribution in [0.5, 0.6) is 0 Å². The van der Waals surface area contributed by atoms with E-state index in [-0.39, 0.29) is 0 Å². The van der Waals surface area contributed by atoms with Crippen LogP contribution in [-0.4, -0.2) is 22.8 Å². The van der Waals surface area contributed by atoms with Gasteiger partial charge in [0.05, 0.1) is 5.56 Å². The first-order valence-electron chi connectivity index (χ1n) is 5.57. The third kappa shape index (κ3) is 4.11. The third-order valence-corrected chi connectivity index (χ3v) is 5.90. The SMILES string of the molecule is CO[Si](C)(CCc1ccc(C(F)(F)F)cc1)OC. The molecule has 0 aliphatic carbocycles. The number of halogens is 3. The molecule has 0 aliphatic heterocycles. The Labute approximate surface area is 106 Å². The number of rotatable bonds is 5. The predicted octanol–water partition coefficient (Wildman–Crippen LogP) is 3.61. The second-order valence-corrected chi connectivity index (χ2v) is 7.82. The molecule has 0 amide bonds. The van der Waals surface area contributed by atoms with E-state index in [1.165, 1.54) is 12.1 Å². The van der Waals surface area contributed by atoms with E-state index in [1.54, 1.807) is 14.2 Å². The highest BCUT2D eigenvalue weighted by molar-refractivity contribution is 6.65. The minimum Gasteiger partial charge on any atom is -0.398 e. The lowest BCUT2D eigenvalue weighted by molar-refractivity contribution is -0.137. The zero-order chi connectivity index (χ0) is 13.8. The van der Waals surface area contributed by atoms with Crippen molar-refractivity contribution in [3.63, 3.8) is 0 Å². The Morgan fingerprint density at radius 3 is 1.94 bits per heavy atom. The molecule has 0 saturated carbocycles. The molecule has 1 aromatic rings. The highest BCUT2D eigenvalue weighted by Gasteiger charge is 2.30. The van der Waals surface area contributed by atoms with Gasteiger partial charge in [0.1, 0.15) is 0 Å². The van der Waals surface area contributed by atoms with Gasteiger partial charge in [-0.15, -0.1) is 0 Å². The first-order valence-corrected chi connectivity index (χ1v) is 8.09. The van der Waals surface area contributed by atoms with E-state index in [0.717, 1.165) is 17.7 Å². The molecule has 0 unspecified atom stereocenters. The number of alkyl halides is 3. The summed E-state index contributed by atoms with van der Waals surface area (Å²) in [4.78, 5) is 0. The van der Waals surface area contributed by atoms with Crippen molar-refractivity contribution in [1.29, 1.82) is 0 Å². The van der Waals surface area contributed by atoms with Gasteiger partial charge in [-0.3, -0.25) is 0 Å². The molecule has 0 heterocycles. The molecule has 0 bridgehead atoms. The first kappa shape index (κ1) is 15.2. The van der Waals surface area contributed by atoms with Gasteiger partial charge >= 0.3 is 14.7 Å². The van der Waals surface area contributed by atoms with Crippen molar-refractivity contribution in [1.82, 2.24) is 0 Å². The monoisotopic (exact) mass is 278 g/mol. The van der Waals surface area contributed by atoms with Crippen molar-refractivity contribution >= 4 is 8.56 Å². The summed E-state index contributed by atoms with van der Waals surface area (Å²) in [6.45, 7) is 1.93. The molecule has 0 N–H and O–H groups in total. The largest absolute Gasteiger partial charge is 0.416 e. The fourth-order valence-electron chi connectivity index (χ4n) is 1.52. The van der Waals surface area contributed by atoms with Gasteiger partial charge < -0.3 is 8.85 Å². The molecule has 0 aliphatic rings. The van der Waals surface area contributed by atoms with Crippen LogP contribution in [0.2, 0.25) is 12.6 Å². The maximum atomic E-state index is 12.4. The van der Waals surface area contributed by atoms with Crippen LogP contribution in [0.1, 0.15) is 11.1 Å². The van der Waals surface area contributed by atoms with E-state index in [9.17, 15) is 13.2 Å². The topological polar surface area (TPSA) is 18.5 Å². The van der Waals surface area contributed by atoms with Crippen molar-refractivity contribution in [2.24, 2.45) is 0 Å². The average molecular weight is 278 g/mol. The second kappa shape index (κ2) is 5.86. The van der Waals surface area contributed by atoms with E-state index in [0.29, 0.717) is 12.5 Å². The Morgan fingerprint density at radius 1 is 1.06 bits per heavy atom. The molecule has 0 fully saturated rings. The minimum absolute atomic E-state index is 0.621. The van der Waals surface area contributed by atoms with Gasteiger partial charge in [-0.2, -0.15) is 13.2 Å². The second-order valence-electron chi connectivity index (χ2n) is 4.24. The van der Waals surface area contributed by atoms with Crippen LogP contribution in [0.15, 0.2) is 24.3 Å². The predicted molar refractivity (Wildman–Crippen MR) is 65.6 cm³/mol. The van der Waals surface area contributed by atoms with Gasteiger partial charge in [0.15, 0.2) is 0 Å². The zero-order valence-corrected chi connectivity index (χ0v) is 11.7. The lowest BCUT2D eigenvalue weighted by Crippen LogP contribution is -2.36. The molecule has 18 heavy (non-hydrogen) atoms. The van der Waals surface area contributed by atoms with Crippen molar-refractivity contribution in [2.45, 2.75) is 25.2 Å². The molecule has 0 saturated heterocycles. The van der Waals surface area contributed by atoms with Crippen LogP contribution >= 0.6 is 0 Å². The highest BCUT2D eigenvalue weighted by Crippen LogP contribution is 2.29. The van der Waals surface area contributed by atoms with E-state index in [1.807, 2.05) is 6.55 Å². The van der Waals surface area contributed by atoms with Gasteiger partial charge in [-0.1, -0.05) is 12.1 Å². The molecule has 6 heteroatoms. The minimum atomic E-state index is -4.28. The Bertz CT molecular complexity index is 372. The van der Waals surface area contributed by atoms with Gasteiger partial charge in [0.25, 0.3) is 0 Å². The van der Waals surface area contributed by atoms with Crippen LogP contribution < -0.4 is 0 Å². The van der Waals surface area contributed by atoms with Crippen LogP contribution in [0.3, 0.4) is 0 Å². The Morgan fingerprint density at radius 2 is 1.56 bits per heavy atom. The van der Waals surface area contributed by atoms with Crippen molar-refractivity contribution in [3.8, 4) is 0 Å². The molecule has 0 aromatic heterocycles. The smallest absolute Gasteiger partial charge is 0.398 e. The lowest BCUT2D eigenvalue weighted by Gasteiger charge is -2.22. The summed E-state index contributed by atoms with van der Waals surface area (Å²) < 4.78 is 47.8. The van der Waals surface area contributed by atoms with Gasteiger partial charge in [-0.05, 0) is 36.7 Å². The Hall–Kier alpha value is -0.853. The Kier molecular flexibility index (Phi) is 4.95. The van der Waals surface area contributed by atoms with E-state index < -0.39 is 20.3 Å². The summed E-state index contributed by atoms with van der Waals surface area (Å²) in [5.74, 6) is 0. The molecular formula is C12H17F3O2Si. The summed E-state index contributed by atoms with van der Waals surface area (Å²) in [5, 5.41) is 0. The molecule has 1 rings (SSSR count). The maximum absolute atomic E-state index is 12.4. The fourth-order valence-corrected chi connectivity index (χ4v) is 2.84. The third-order valence-electron chi connectivity index (χ3n) is 3.01. The zero-order valence-electron chi connectivity index (χ0n) is 10.7. The summed E-state index contributed by atoms with van der Waals surface area (Å²) >= 11 is 0. The highest BCUT2D eigenvalue weighted by atomic mass is 28.4. The van der Waals surface area contributed by atoms with Crippen LogP contribution in [0.25, 0.3) is 0 Å². The number of aryl methyl sites for hydroxylation is 1. The molecule has 2 nitrogen and oxygen atoms in total. The van der Waals surface area contributed by atoms with Gasteiger partial charge in [0.2, 0.25) is 0 Å². The van der Waals surface area contributed by atoms with Crippen molar-refractivity contribution < 1.29 is 22.0 Å². The first-order chi connectivity index (χ1) is 8.30. The quantitative estimate of drug-likeness (QED) is 0.766. The fraction of sp³-hybridized carbons (Fsp3) is 0.500. The van der Waals surface area contributed by atoms with Crippen molar-refractivity contribution in [3.05, 3.63) is 35.4 Å². The molecular weight excluding hydrogens is 261 g/mol. The molecule has 0 spiro atoms. The normalized spacial score (nSPS) is 12.8. The molecule has 0 radical (unpaired) electrons. The van der Waals surface area contributed by atoms with E-state index in [2.05, 4.69) is 0 Å². The van der Waals surface area contributed by atoms with Gasteiger partial charge in [-0.25, -0.2) is 0 Å². The number of benzene rings is 1. The van der Waals surface area contributed by atoms with Crippen LogP contribution in [0.4, 0.5) is 13.2 Å². The maximum Gasteiger partial charge on any atom is 0.416 e. The molecule has 102 valence electrons. The summed E-state index contributed by atoms with van der Waals surface area (Å²) in [6, 6.07) is 5.93. The summed E-state index contributed by atoms with van der Waals surface area (Å²) in [7, 11) is 1.05. The summed E-state index contributed by atoms with van der Waals surface area (Å²) in [5.41, 5.74) is 0.237. The lowest BCUT2D eigenvalue weighted by atomic mass is 10.1. The van der Waals surface area contributed by atoms with Gasteiger partial charge in [0, 0.05) is 14.2 Å². The van der Waals surface area contributed by atoms with Crippen LogP contribution in [-0.2, 0) is 21.4 Å². The van der Waals surface area contributed by atoms with Crippen molar-refractivity contribution in [2.75, 3.05) is 14.2 Å². The van der Waals surface area contributed by atoms with Crippen LogP contribution in [0, 0.1) is 0 Å². The average Bonchev–Trinajstić information content (AvgIpc) is 2.35. The molecule has 0 atom stereocenters.